The highest BCUT2D eigenvalue weighted by atomic mass is 16.4. The summed E-state index contributed by atoms with van der Waals surface area (Å²) in [5.41, 5.74) is 3.59. The van der Waals surface area contributed by atoms with Crippen LogP contribution in [0.1, 0.15) is 38.8 Å². The third kappa shape index (κ3) is 6.17. The Morgan fingerprint density at radius 2 is 1.85 bits per heavy atom. The van der Waals surface area contributed by atoms with Gasteiger partial charge in [-0.1, -0.05) is 49.8 Å². The lowest BCUT2D eigenvalue weighted by Crippen LogP contribution is -2.36. The van der Waals surface area contributed by atoms with Gasteiger partial charge in [0.25, 0.3) is 0 Å². The Kier molecular flexibility index (Phi) is 7.71. The molecule has 0 spiro atoms. The molecule has 4 rings (SSSR count). The largest absolute Gasteiger partial charge is 0.421 e. The van der Waals surface area contributed by atoms with Gasteiger partial charge in [-0.3, -0.25) is 4.98 Å². The highest BCUT2D eigenvalue weighted by molar-refractivity contribution is 5.51. The van der Waals surface area contributed by atoms with E-state index >= 15 is 0 Å². The van der Waals surface area contributed by atoms with Gasteiger partial charge < -0.3 is 9.32 Å². The van der Waals surface area contributed by atoms with Crippen LogP contribution >= 0.6 is 0 Å². The molecular formula is C28H36N4O. The minimum atomic E-state index is 0.455. The molecule has 0 aliphatic heterocycles. The van der Waals surface area contributed by atoms with E-state index in [-0.39, 0.29) is 0 Å². The number of hydrogen-bond donors (Lipinski definition) is 0. The SMILES string of the molecule is CC1=CC(CN(C)CCc2ccccn2)C(C(C)C)CC1Cc1nnc(-c2ccccc2)o1. The Balaban J connectivity index is 1.39. The molecule has 0 amide bonds. The first-order chi connectivity index (χ1) is 16.0. The van der Waals surface area contributed by atoms with E-state index in [4.69, 9.17) is 4.42 Å². The van der Waals surface area contributed by atoms with Crippen molar-refractivity contribution in [3.63, 3.8) is 0 Å². The molecule has 5 nitrogen and oxygen atoms in total. The maximum Gasteiger partial charge on any atom is 0.247 e. The van der Waals surface area contributed by atoms with E-state index in [1.807, 2.05) is 42.6 Å². The molecule has 3 atom stereocenters. The number of rotatable bonds is 9. The molecule has 1 aliphatic carbocycles. The zero-order chi connectivity index (χ0) is 23.2. The fourth-order valence-corrected chi connectivity index (χ4v) is 5.03. The molecule has 0 saturated carbocycles. The average Bonchev–Trinajstić information content (AvgIpc) is 3.29. The molecule has 33 heavy (non-hydrogen) atoms. The van der Waals surface area contributed by atoms with Crippen LogP contribution in [0.2, 0.25) is 0 Å². The Morgan fingerprint density at radius 1 is 1.06 bits per heavy atom. The summed E-state index contributed by atoms with van der Waals surface area (Å²) in [7, 11) is 2.24. The number of nitrogens with zero attached hydrogens (tertiary/aromatic N) is 4. The Bertz CT molecular complexity index is 1030. The zero-order valence-corrected chi connectivity index (χ0v) is 20.3. The summed E-state index contributed by atoms with van der Waals surface area (Å²) in [4.78, 5) is 6.93. The van der Waals surface area contributed by atoms with Crippen LogP contribution in [0.4, 0.5) is 0 Å². The third-order valence-corrected chi connectivity index (χ3v) is 6.99. The topological polar surface area (TPSA) is 55.1 Å². The fraction of sp³-hybridized carbons (Fsp3) is 0.464. The molecule has 0 fully saturated rings. The van der Waals surface area contributed by atoms with E-state index in [9.17, 15) is 0 Å². The highest BCUT2D eigenvalue weighted by Gasteiger charge is 2.33. The molecule has 174 valence electrons. The molecule has 5 heteroatoms. The normalized spacial score (nSPS) is 20.9. The molecule has 0 radical (unpaired) electrons. The monoisotopic (exact) mass is 444 g/mol. The predicted octanol–water partition coefficient (Wildman–Crippen LogP) is 5.70. The first kappa shape index (κ1) is 23.4. The van der Waals surface area contributed by atoms with Crippen LogP contribution in [-0.4, -0.2) is 40.2 Å². The number of likely N-dealkylation sites (N-methyl/N-ethyl adjacent to an activating group) is 1. The van der Waals surface area contributed by atoms with Crippen LogP contribution in [0.3, 0.4) is 0 Å². The Labute approximate surface area is 198 Å². The molecule has 1 aliphatic rings. The minimum Gasteiger partial charge on any atom is -0.421 e. The standard InChI is InChI=1S/C28H36N4O/c1-20(2)26-17-23(18-27-30-31-28(33-27)22-10-6-5-7-11-22)21(3)16-24(26)19-32(4)15-13-25-12-8-9-14-29-25/h5-12,14,16,20,23-24,26H,13,15,17-19H2,1-4H3. The molecule has 0 bridgehead atoms. The van der Waals surface area contributed by atoms with Crippen LogP contribution < -0.4 is 0 Å². The molecule has 2 heterocycles. The number of hydrogen-bond acceptors (Lipinski definition) is 5. The minimum absolute atomic E-state index is 0.455. The van der Waals surface area contributed by atoms with E-state index in [0.717, 1.165) is 43.1 Å². The molecule has 3 unspecified atom stereocenters. The molecule has 2 aromatic heterocycles. The summed E-state index contributed by atoms with van der Waals surface area (Å²) in [5.74, 6) is 3.64. The van der Waals surface area contributed by atoms with Gasteiger partial charge in [-0.2, -0.15) is 0 Å². The molecule has 0 N–H and O–H groups in total. The van der Waals surface area contributed by atoms with Gasteiger partial charge in [0.15, 0.2) is 0 Å². The van der Waals surface area contributed by atoms with Gasteiger partial charge in [0.05, 0.1) is 0 Å². The summed E-state index contributed by atoms with van der Waals surface area (Å²) in [6.45, 7) is 9.10. The van der Waals surface area contributed by atoms with Crippen LogP contribution in [-0.2, 0) is 12.8 Å². The summed E-state index contributed by atoms with van der Waals surface area (Å²) < 4.78 is 6.02. The van der Waals surface area contributed by atoms with Crippen LogP contribution in [0.5, 0.6) is 0 Å². The van der Waals surface area contributed by atoms with Crippen LogP contribution in [0.25, 0.3) is 11.5 Å². The number of benzene rings is 1. The number of aromatic nitrogens is 3. The van der Waals surface area contributed by atoms with Gasteiger partial charge in [0, 0.05) is 43.4 Å². The lowest BCUT2D eigenvalue weighted by Gasteiger charge is -2.38. The van der Waals surface area contributed by atoms with Crippen molar-refractivity contribution in [2.45, 2.75) is 40.0 Å². The molecule has 0 saturated heterocycles. The van der Waals surface area contributed by atoms with Crippen LogP contribution in [0, 0.1) is 23.7 Å². The number of allylic oxidation sites excluding steroid dienone is 1. The van der Waals surface area contributed by atoms with E-state index in [1.54, 1.807) is 0 Å². The molecule has 1 aromatic carbocycles. The summed E-state index contributed by atoms with van der Waals surface area (Å²) in [6.07, 6.45) is 7.37. The predicted molar refractivity (Wildman–Crippen MR) is 133 cm³/mol. The number of pyridine rings is 1. The first-order valence-corrected chi connectivity index (χ1v) is 12.1. The average molecular weight is 445 g/mol. The second kappa shape index (κ2) is 10.9. The van der Waals surface area contributed by atoms with Crippen molar-refractivity contribution in [3.8, 4) is 11.5 Å². The first-order valence-electron chi connectivity index (χ1n) is 12.1. The van der Waals surface area contributed by atoms with Crippen molar-refractivity contribution < 1.29 is 4.42 Å². The maximum atomic E-state index is 6.02. The van der Waals surface area contributed by atoms with Gasteiger partial charge in [-0.05, 0) is 68.3 Å². The summed E-state index contributed by atoms with van der Waals surface area (Å²) in [5, 5.41) is 8.64. The lowest BCUT2D eigenvalue weighted by molar-refractivity contribution is 0.176. The van der Waals surface area contributed by atoms with Crippen LogP contribution in [0.15, 0.2) is 70.8 Å². The zero-order valence-electron chi connectivity index (χ0n) is 20.3. The molecular weight excluding hydrogens is 408 g/mol. The maximum absolute atomic E-state index is 6.02. The lowest BCUT2D eigenvalue weighted by atomic mass is 9.69. The van der Waals surface area contributed by atoms with Gasteiger partial charge >= 0.3 is 0 Å². The van der Waals surface area contributed by atoms with Crippen molar-refractivity contribution in [2.75, 3.05) is 20.1 Å². The Morgan fingerprint density at radius 3 is 2.58 bits per heavy atom. The van der Waals surface area contributed by atoms with Gasteiger partial charge in [0.1, 0.15) is 0 Å². The summed E-state index contributed by atoms with van der Waals surface area (Å²) in [6, 6.07) is 16.2. The van der Waals surface area contributed by atoms with Gasteiger partial charge in [-0.25, -0.2) is 0 Å². The third-order valence-electron chi connectivity index (χ3n) is 6.99. The van der Waals surface area contributed by atoms with Crippen molar-refractivity contribution in [2.24, 2.45) is 23.7 Å². The van der Waals surface area contributed by atoms with Gasteiger partial charge in [0.2, 0.25) is 11.8 Å². The fourth-order valence-electron chi connectivity index (χ4n) is 5.03. The van der Waals surface area contributed by atoms with E-state index < -0.39 is 0 Å². The smallest absolute Gasteiger partial charge is 0.247 e. The van der Waals surface area contributed by atoms with Crippen molar-refractivity contribution in [1.29, 1.82) is 0 Å². The van der Waals surface area contributed by atoms with E-state index in [1.165, 1.54) is 12.0 Å². The van der Waals surface area contributed by atoms with Crippen molar-refractivity contribution in [1.82, 2.24) is 20.1 Å². The van der Waals surface area contributed by atoms with E-state index in [0.29, 0.717) is 29.6 Å². The summed E-state index contributed by atoms with van der Waals surface area (Å²) >= 11 is 0. The molecule has 3 aromatic rings. The van der Waals surface area contributed by atoms with Gasteiger partial charge in [-0.15, -0.1) is 10.2 Å². The second-order valence-electron chi connectivity index (χ2n) is 9.82. The highest BCUT2D eigenvalue weighted by Crippen LogP contribution is 2.39. The van der Waals surface area contributed by atoms with E-state index in [2.05, 4.69) is 66.1 Å². The van der Waals surface area contributed by atoms with Crippen molar-refractivity contribution >= 4 is 0 Å². The van der Waals surface area contributed by atoms with Crippen molar-refractivity contribution in [3.05, 3.63) is 78.0 Å². The Hall–Kier alpha value is -2.79. The second-order valence-corrected chi connectivity index (χ2v) is 9.82. The quantitative estimate of drug-likeness (QED) is 0.396.